The Morgan fingerprint density at radius 1 is 1.05 bits per heavy atom. The summed E-state index contributed by atoms with van der Waals surface area (Å²) in [7, 11) is 0. The van der Waals surface area contributed by atoms with Crippen LogP contribution in [0.3, 0.4) is 0 Å². The van der Waals surface area contributed by atoms with Crippen molar-refractivity contribution in [2.45, 2.75) is 6.92 Å². The van der Waals surface area contributed by atoms with Crippen LogP contribution in [0.2, 0.25) is 0 Å². The highest BCUT2D eigenvalue weighted by Crippen LogP contribution is 2.25. The Balaban J connectivity index is 2.03. The standard InChI is InChI=1S/C15H13BrN4/c1-9-6-10(16)8-11(7-9)18-15-14(17)19-12-4-2-3-5-13(12)20-15/h2-8H,1H3,(H2,17,19)(H,18,20). The molecule has 0 fully saturated rings. The molecule has 0 spiro atoms. The van der Waals surface area contributed by atoms with Crippen LogP contribution in [0.5, 0.6) is 0 Å². The van der Waals surface area contributed by atoms with Gasteiger partial charge >= 0.3 is 0 Å². The second-order valence-corrected chi connectivity index (χ2v) is 5.50. The second kappa shape index (κ2) is 5.09. The fraction of sp³-hybridized carbons (Fsp3) is 0.0667. The fourth-order valence-corrected chi connectivity index (χ4v) is 2.66. The van der Waals surface area contributed by atoms with E-state index in [-0.39, 0.29) is 0 Å². The minimum absolute atomic E-state index is 0.390. The molecule has 3 N–H and O–H groups in total. The maximum absolute atomic E-state index is 5.96. The topological polar surface area (TPSA) is 63.8 Å². The van der Waals surface area contributed by atoms with E-state index in [0.717, 1.165) is 26.8 Å². The maximum atomic E-state index is 5.96. The molecule has 0 aliphatic carbocycles. The molecule has 0 radical (unpaired) electrons. The minimum atomic E-state index is 0.390. The molecule has 3 rings (SSSR count). The van der Waals surface area contributed by atoms with Gasteiger partial charge in [-0.05, 0) is 42.8 Å². The smallest absolute Gasteiger partial charge is 0.174 e. The first-order chi connectivity index (χ1) is 9.61. The van der Waals surface area contributed by atoms with Crippen LogP contribution in [0.4, 0.5) is 17.3 Å². The van der Waals surface area contributed by atoms with E-state index in [1.807, 2.05) is 49.4 Å². The first-order valence-electron chi connectivity index (χ1n) is 6.18. The van der Waals surface area contributed by atoms with Crippen molar-refractivity contribution >= 4 is 44.3 Å². The number of anilines is 3. The summed E-state index contributed by atoms with van der Waals surface area (Å²) < 4.78 is 1.01. The van der Waals surface area contributed by atoms with Crippen LogP contribution in [-0.2, 0) is 0 Å². The van der Waals surface area contributed by atoms with Gasteiger partial charge < -0.3 is 11.1 Å². The third-order valence-corrected chi connectivity index (χ3v) is 3.36. The van der Waals surface area contributed by atoms with Gasteiger partial charge in [0.1, 0.15) is 0 Å². The van der Waals surface area contributed by atoms with E-state index in [4.69, 9.17) is 5.73 Å². The second-order valence-electron chi connectivity index (χ2n) is 4.59. The number of hydrogen-bond donors (Lipinski definition) is 2. The quantitative estimate of drug-likeness (QED) is 0.745. The van der Waals surface area contributed by atoms with E-state index in [2.05, 4.69) is 31.2 Å². The number of para-hydroxylation sites is 2. The molecule has 4 nitrogen and oxygen atoms in total. The number of fused-ring (bicyclic) bond motifs is 1. The highest BCUT2D eigenvalue weighted by atomic mass is 79.9. The first-order valence-corrected chi connectivity index (χ1v) is 6.97. The van der Waals surface area contributed by atoms with Gasteiger partial charge in [-0.1, -0.05) is 28.1 Å². The van der Waals surface area contributed by atoms with Crippen molar-refractivity contribution in [3.63, 3.8) is 0 Å². The number of nitrogens with zero attached hydrogens (tertiary/aromatic N) is 2. The summed E-state index contributed by atoms with van der Waals surface area (Å²) in [5.74, 6) is 0.961. The van der Waals surface area contributed by atoms with E-state index in [9.17, 15) is 0 Å². The average Bonchev–Trinajstić information content (AvgIpc) is 2.38. The number of aromatic nitrogens is 2. The van der Waals surface area contributed by atoms with Crippen LogP contribution < -0.4 is 11.1 Å². The molecule has 2 aromatic carbocycles. The van der Waals surface area contributed by atoms with Crippen LogP contribution >= 0.6 is 15.9 Å². The van der Waals surface area contributed by atoms with E-state index in [1.54, 1.807) is 0 Å². The van der Waals surface area contributed by atoms with Gasteiger partial charge in [-0.15, -0.1) is 0 Å². The number of halogens is 1. The molecule has 1 aromatic heterocycles. The zero-order valence-corrected chi connectivity index (χ0v) is 12.5. The molecule has 0 aliphatic heterocycles. The van der Waals surface area contributed by atoms with Crippen LogP contribution in [0.15, 0.2) is 46.9 Å². The number of benzene rings is 2. The molecule has 0 saturated heterocycles. The van der Waals surface area contributed by atoms with Crippen molar-refractivity contribution in [1.82, 2.24) is 9.97 Å². The highest BCUT2D eigenvalue weighted by Gasteiger charge is 2.06. The van der Waals surface area contributed by atoms with Gasteiger partial charge in [0.15, 0.2) is 11.6 Å². The van der Waals surface area contributed by atoms with Crippen LogP contribution in [-0.4, -0.2) is 9.97 Å². The van der Waals surface area contributed by atoms with Crippen molar-refractivity contribution in [2.75, 3.05) is 11.1 Å². The van der Waals surface area contributed by atoms with Gasteiger partial charge in [-0.2, -0.15) is 0 Å². The number of aryl methyl sites for hydroxylation is 1. The Morgan fingerprint density at radius 2 is 1.75 bits per heavy atom. The molecule has 0 atom stereocenters. The molecule has 100 valence electrons. The summed E-state index contributed by atoms with van der Waals surface area (Å²) in [4.78, 5) is 8.87. The number of rotatable bonds is 2. The van der Waals surface area contributed by atoms with Crippen LogP contribution in [0.1, 0.15) is 5.56 Å². The monoisotopic (exact) mass is 328 g/mol. The van der Waals surface area contributed by atoms with Crippen molar-refractivity contribution in [2.24, 2.45) is 0 Å². The summed E-state index contributed by atoms with van der Waals surface area (Å²) in [6, 6.07) is 13.7. The van der Waals surface area contributed by atoms with Crippen molar-refractivity contribution < 1.29 is 0 Å². The minimum Gasteiger partial charge on any atom is -0.381 e. The average molecular weight is 329 g/mol. The lowest BCUT2D eigenvalue weighted by atomic mass is 10.2. The number of nitrogens with two attached hydrogens (primary N) is 1. The molecule has 3 aromatic rings. The summed E-state index contributed by atoms with van der Waals surface area (Å²) in [6.07, 6.45) is 0. The summed E-state index contributed by atoms with van der Waals surface area (Å²) in [5, 5.41) is 3.22. The zero-order chi connectivity index (χ0) is 14.1. The predicted molar refractivity (Wildman–Crippen MR) is 86.1 cm³/mol. The van der Waals surface area contributed by atoms with Crippen molar-refractivity contribution in [3.05, 3.63) is 52.5 Å². The Bertz CT molecular complexity index is 766. The van der Waals surface area contributed by atoms with Gasteiger partial charge in [0.05, 0.1) is 11.0 Å². The van der Waals surface area contributed by atoms with Gasteiger partial charge in [0.25, 0.3) is 0 Å². The van der Waals surface area contributed by atoms with Crippen LogP contribution in [0, 0.1) is 6.92 Å². The van der Waals surface area contributed by atoms with E-state index in [1.165, 1.54) is 0 Å². The predicted octanol–water partition coefficient (Wildman–Crippen LogP) is 4.03. The summed E-state index contributed by atoms with van der Waals surface area (Å²) in [5.41, 5.74) is 9.64. The third-order valence-electron chi connectivity index (χ3n) is 2.90. The van der Waals surface area contributed by atoms with Crippen molar-refractivity contribution in [1.29, 1.82) is 0 Å². The normalized spacial score (nSPS) is 10.7. The number of nitrogens with one attached hydrogen (secondary N) is 1. The SMILES string of the molecule is Cc1cc(Br)cc(Nc2nc3ccccc3nc2N)c1. The maximum Gasteiger partial charge on any atom is 0.174 e. The molecule has 0 amide bonds. The van der Waals surface area contributed by atoms with E-state index < -0.39 is 0 Å². The lowest BCUT2D eigenvalue weighted by Gasteiger charge is -2.10. The molecule has 0 saturated carbocycles. The largest absolute Gasteiger partial charge is 0.381 e. The van der Waals surface area contributed by atoms with Gasteiger partial charge in [0, 0.05) is 10.2 Å². The Hall–Kier alpha value is -2.14. The van der Waals surface area contributed by atoms with Crippen LogP contribution in [0.25, 0.3) is 11.0 Å². The molecular weight excluding hydrogens is 316 g/mol. The molecular formula is C15H13BrN4. The highest BCUT2D eigenvalue weighted by molar-refractivity contribution is 9.10. The first kappa shape index (κ1) is 12.9. The molecule has 0 aliphatic rings. The van der Waals surface area contributed by atoms with E-state index >= 15 is 0 Å². The number of hydrogen-bond acceptors (Lipinski definition) is 4. The summed E-state index contributed by atoms with van der Waals surface area (Å²) in [6.45, 7) is 2.03. The molecule has 1 heterocycles. The van der Waals surface area contributed by atoms with Gasteiger partial charge in [0.2, 0.25) is 0 Å². The summed E-state index contributed by atoms with van der Waals surface area (Å²) >= 11 is 3.48. The molecule has 5 heteroatoms. The Kier molecular flexibility index (Phi) is 3.28. The Labute approximate surface area is 125 Å². The fourth-order valence-electron chi connectivity index (χ4n) is 2.05. The molecule has 20 heavy (non-hydrogen) atoms. The molecule has 0 bridgehead atoms. The third kappa shape index (κ3) is 2.58. The zero-order valence-electron chi connectivity index (χ0n) is 10.9. The van der Waals surface area contributed by atoms with Crippen molar-refractivity contribution in [3.8, 4) is 0 Å². The lowest BCUT2D eigenvalue weighted by molar-refractivity contribution is 1.28. The Morgan fingerprint density at radius 3 is 2.45 bits per heavy atom. The number of nitrogen functional groups attached to an aromatic ring is 1. The van der Waals surface area contributed by atoms with E-state index in [0.29, 0.717) is 11.6 Å². The lowest BCUT2D eigenvalue weighted by Crippen LogP contribution is -2.02. The van der Waals surface area contributed by atoms with Gasteiger partial charge in [-0.3, -0.25) is 0 Å². The molecule has 0 unspecified atom stereocenters. The van der Waals surface area contributed by atoms with Gasteiger partial charge in [-0.25, -0.2) is 9.97 Å².